The molecule has 3 aromatic rings. The fourth-order valence-electron chi connectivity index (χ4n) is 4.46. The largest absolute Gasteiger partial charge is 0.404 e. The van der Waals surface area contributed by atoms with Gasteiger partial charge in [0.05, 0.1) is 12.1 Å². The molecule has 0 radical (unpaired) electrons. The Bertz CT molecular complexity index is 1320. The summed E-state index contributed by atoms with van der Waals surface area (Å²) in [5, 5.41) is 12.3. The third-order valence-electron chi connectivity index (χ3n) is 6.50. The minimum absolute atomic E-state index is 0.0829. The van der Waals surface area contributed by atoms with Crippen molar-refractivity contribution in [2.45, 2.75) is 57.5 Å². The number of benzene rings is 1. The number of hydrogen-bond donors (Lipinski definition) is 3. The number of amides is 1. The van der Waals surface area contributed by atoms with Crippen LogP contribution in [0.25, 0.3) is 16.7 Å². The predicted octanol–water partition coefficient (Wildman–Crippen LogP) is 3.23. The fraction of sp³-hybridized carbons (Fsp3) is 0.423. The minimum atomic E-state index is -0.690. The van der Waals surface area contributed by atoms with Crippen molar-refractivity contribution in [3.05, 3.63) is 59.2 Å². The van der Waals surface area contributed by atoms with Crippen LogP contribution in [0, 0.1) is 5.82 Å². The van der Waals surface area contributed by atoms with Gasteiger partial charge in [-0.15, -0.1) is 0 Å². The molecule has 0 spiro atoms. The van der Waals surface area contributed by atoms with Gasteiger partial charge in [0.25, 0.3) is 5.91 Å². The zero-order chi connectivity index (χ0) is 25.9. The lowest BCUT2D eigenvalue weighted by atomic mass is 10.0. The molecule has 36 heavy (non-hydrogen) atoms. The van der Waals surface area contributed by atoms with Crippen LogP contribution in [0.4, 0.5) is 4.39 Å². The molecule has 190 valence electrons. The summed E-state index contributed by atoms with van der Waals surface area (Å²) in [5.41, 5.74) is 7.94. The first-order valence-electron chi connectivity index (χ1n) is 12.1. The fourth-order valence-corrected chi connectivity index (χ4v) is 4.46. The lowest BCUT2D eigenvalue weighted by molar-refractivity contribution is 0.0947. The number of allylic oxidation sites excluding steroid dienone is 1. The Morgan fingerprint density at radius 2 is 2.06 bits per heavy atom. The van der Waals surface area contributed by atoms with E-state index >= 15 is 0 Å². The zero-order valence-electron chi connectivity index (χ0n) is 20.8. The number of halogens is 1. The number of nitrogens with one attached hydrogen (secondary N) is 1. The number of rotatable bonds is 8. The SMILES string of the molecule is Cn1c(C2CCCC2)nc2ncnc(C(=O)NCc3cc(F)cc(C(C=NC(C)(C)CO)=CN)c3)c21. The summed E-state index contributed by atoms with van der Waals surface area (Å²) >= 11 is 0. The van der Waals surface area contributed by atoms with Gasteiger partial charge in [0.2, 0.25) is 0 Å². The average molecular weight is 494 g/mol. The lowest BCUT2D eigenvalue weighted by Crippen LogP contribution is -2.25. The number of carbonyl (C=O) groups is 1. The van der Waals surface area contributed by atoms with Gasteiger partial charge in [-0.1, -0.05) is 12.8 Å². The van der Waals surface area contributed by atoms with Crippen molar-refractivity contribution in [1.29, 1.82) is 0 Å². The molecule has 1 aliphatic carbocycles. The van der Waals surface area contributed by atoms with Gasteiger partial charge in [-0.2, -0.15) is 0 Å². The monoisotopic (exact) mass is 493 g/mol. The van der Waals surface area contributed by atoms with Crippen LogP contribution in [-0.4, -0.2) is 48.9 Å². The van der Waals surface area contributed by atoms with Crippen LogP contribution in [0.3, 0.4) is 0 Å². The molecule has 10 heteroatoms. The molecule has 0 saturated heterocycles. The number of carbonyl (C=O) groups excluding carboxylic acids is 1. The van der Waals surface area contributed by atoms with E-state index in [0.29, 0.717) is 33.8 Å². The first-order valence-corrected chi connectivity index (χ1v) is 12.1. The molecule has 0 aliphatic heterocycles. The Kier molecular flexibility index (Phi) is 7.44. The Morgan fingerprint density at radius 1 is 1.31 bits per heavy atom. The van der Waals surface area contributed by atoms with Crippen molar-refractivity contribution >= 4 is 28.9 Å². The number of aliphatic imine (C=N–C) groups is 1. The molecule has 1 saturated carbocycles. The average Bonchev–Trinajstić information content (AvgIpc) is 3.51. The van der Waals surface area contributed by atoms with Crippen LogP contribution in [0.1, 0.15) is 72.9 Å². The molecule has 2 aromatic heterocycles. The van der Waals surface area contributed by atoms with Crippen LogP contribution >= 0.6 is 0 Å². The van der Waals surface area contributed by atoms with Gasteiger partial charge in [-0.3, -0.25) is 9.79 Å². The summed E-state index contributed by atoms with van der Waals surface area (Å²) in [6.45, 7) is 3.48. The van der Waals surface area contributed by atoms with Gasteiger partial charge in [-0.25, -0.2) is 19.3 Å². The molecule has 4 rings (SSSR count). The second-order valence-corrected chi connectivity index (χ2v) is 9.79. The summed E-state index contributed by atoms with van der Waals surface area (Å²) in [6, 6.07) is 4.43. The molecule has 1 amide bonds. The van der Waals surface area contributed by atoms with Gasteiger partial charge >= 0.3 is 0 Å². The molecule has 0 unspecified atom stereocenters. The molecule has 0 bridgehead atoms. The summed E-state index contributed by atoms with van der Waals surface area (Å²) in [7, 11) is 1.89. The Balaban J connectivity index is 1.55. The van der Waals surface area contributed by atoms with E-state index in [0.717, 1.165) is 18.7 Å². The number of aryl methyl sites for hydroxylation is 1. The number of hydrogen-bond acceptors (Lipinski definition) is 7. The number of nitrogens with two attached hydrogens (primary N) is 1. The Morgan fingerprint density at radius 3 is 2.75 bits per heavy atom. The first-order chi connectivity index (χ1) is 17.2. The number of aromatic nitrogens is 4. The quantitative estimate of drug-likeness (QED) is 0.413. The maximum absolute atomic E-state index is 14.4. The first kappa shape index (κ1) is 25.4. The second-order valence-electron chi connectivity index (χ2n) is 9.79. The normalized spacial score (nSPS) is 15.3. The molecule has 0 atom stereocenters. The van der Waals surface area contributed by atoms with E-state index in [9.17, 15) is 14.3 Å². The highest BCUT2D eigenvalue weighted by atomic mass is 19.1. The maximum atomic E-state index is 14.4. The molecular formula is C26H32FN7O2. The van der Waals surface area contributed by atoms with E-state index in [-0.39, 0.29) is 18.8 Å². The second kappa shape index (κ2) is 10.5. The van der Waals surface area contributed by atoms with Crippen molar-refractivity contribution in [2.75, 3.05) is 6.61 Å². The van der Waals surface area contributed by atoms with Crippen molar-refractivity contribution in [3.8, 4) is 0 Å². The van der Waals surface area contributed by atoms with E-state index in [1.54, 1.807) is 19.9 Å². The number of aliphatic hydroxyl groups excluding tert-OH is 1. The van der Waals surface area contributed by atoms with Gasteiger partial charge < -0.3 is 20.7 Å². The highest BCUT2D eigenvalue weighted by molar-refractivity contribution is 6.09. The maximum Gasteiger partial charge on any atom is 0.272 e. The number of fused-ring (bicyclic) bond motifs is 1. The summed E-state index contributed by atoms with van der Waals surface area (Å²) < 4.78 is 16.3. The summed E-state index contributed by atoms with van der Waals surface area (Å²) in [4.78, 5) is 30.6. The molecule has 9 nitrogen and oxygen atoms in total. The minimum Gasteiger partial charge on any atom is -0.404 e. The lowest BCUT2D eigenvalue weighted by Gasteiger charge is -2.16. The van der Waals surface area contributed by atoms with Crippen LogP contribution in [0.15, 0.2) is 35.7 Å². The topological polar surface area (TPSA) is 131 Å². The molecule has 1 aromatic carbocycles. The van der Waals surface area contributed by atoms with Crippen LogP contribution in [0.2, 0.25) is 0 Å². The van der Waals surface area contributed by atoms with Crippen molar-refractivity contribution in [3.63, 3.8) is 0 Å². The van der Waals surface area contributed by atoms with Crippen molar-refractivity contribution in [2.24, 2.45) is 17.8 Å². The predicted molar refractivity (Wildman–Crippen MR) is 137 cm³/mol. The molecular weight excluding hydrogens is 461 g/mol. The Hall–Kier alpha value is -3.66. The van der Waals surface area contributed by atoms with Gasteiger partial charge in [0.15, 0.2) is 11.3 Å². The highest BCUT2D eigenvalue weighted by Crippen LogP contribution is 2.34. The molecule has 1 aliphatic rings. The van der Waals surface area contributed by atoms with Crippen molar-refractivity contribution < 1.29 is 14.3 Å². The van der Waals surface area contributed by atoms with Gasteiger partial charge in [0.1, 0.15) is 23.5 Å². The van der Waals surface area contributed by atoms with Crippen LogP contribution < -0.4 is 11.1 Å². The zero-order valence-corrected chi connectivity index (χ0v) is 20.8. The number of nitrogens with zero attached hydrogens (tertiary/aromatic N) is 5. The van der Waals surface area contributed by atoms with E-state index in [4.69, 9.17) is 5.73 Å². The van der Waals surface area contributed by atoms with E-state index in [1.165, 1.54) is 43.7 Å². The smallest absolute Gasteiger partial charge is 0.272 e. The number of aliphatic hydroxyl groups is 1. The van der Waals surface area contributed by atoms with Crippen molar-refractivity contribution in [1.82, 2.24) is 24.8 Å². The number of imidazole rings is 1. The molecule has 4 N–H and O–H groups in total. The van der Waals surface area contributed by atoms with Crippen LogP contribution in [0.5, 0.6) is 0 Å². The Labute approximate surface area is 209 Å². The van der Waals surface area contributed by atoms with E-state index < -0.39 is 17.3 Å². The summed E-state index contributed by atoms with van der Waals surface area (Å²) in [5.74, 6) is 0.430. The standard InChI is InChI=1S/C26H32FN7O2/c1-26(2,14-35)32-13-19(11-28)18-8-16(9-20(27)10-18)12-29-25(36)21-22-23(31-15-30-21)33-24(34(22)3)17-6-4-5-7-17/h8-11,13,15,17,35H,4-7,12,14,28H2,1-3H3,(H,29,36). The van der Waals surface area contributed by atoms with E-state index in [2.05, 4.69) is 25.3 Å². The highest BCUT2D eigenvalue weighted by Gasteiger charge is 2.25. The summed E-state index contributed by atoms with van der Waals surface area (Å²) in [6.07, 6.45) is 8.69. The van der Waals surface area contributed by atoms with Gasteiger partial charge in [0, 0.05) is 37.5 Å². The molecule has 2 heterocycles. The third kappa shape index (κ3) is 5.43. The van der Waals surface area contributed by atoms with Gasteiger partial charge in [-0.05, 0) is 56.0 Å². The van der Waals surface area contributed by atoms with Crippen LogP contribution in [-0.2, 0) is 13.6 Å². The third-order valence-corrected chi connectivity index (χ3v) is 6.50. The molecule has 1 fully saturated rings. The van der Waals surface area contributed by atoms with E-state index in [1.807, 2.05) is 11.6 Å².